The van der Waals surface area contributed by atoms with Gasteiger partial charge in [0, 0.05) is 39.6 Å². The summed E-state index contributed by atoms with van der Waals surface area (Å²) in [6.45, 7) is 16.4. The second kappa shape index (κ2) is 22.6. The van der Waals surface area contributed by atoms with Gasteiger partial charge < -0.3 is 26.6 Å². The van der Waals surface area contributed by atoms with Crippen LogP contribution in [0.1, 0.15) is 119 Å². The van der Waals surface area contributed by atoms with Crippen LogP contribution in [0.4, 0.5) is 0 Å². The second-order valence-corrected chi connectivity index (χ2v) is 13.4. The molecule has 0 aliphatic rings. The van der Waals surface area contributed by atoms with Gasteiger partial charge in [-0.15, -0.1) is 0 Å². The predicted molar refractivity (Wildman–Crippen MR) is 140 cm³/mol. The summed E-state index contributed by atoms with van der Waals surface area (Å²) in [7, 11) is -6.57. The number of nitrogens with one attached hydrogen (secondary N) is 1. The van der Waals surface area contributed by atoms with Crippen molar-refractivity contribution in [3.05, 3.63) is 0 Å². The molecule has 0 aromatic heterocycles. The summed E-state index contributed by atoms with van der Waals surface area (Å²) in [5.41, 5.74) is 0. The Morgan fingerprint density at radius 3 is 0.697 bits per heavy atom. The van der Waals surface area contributed by atoms with Crippen molar-refractivity contribution in [3.8, 4) is 0 Å². The van der Waals surface area contributed by atoms with E-state index in [1.54, 1.807) is 0 Å². The highest BCUT2D eigenvalue weighted by atomic mass is 28.5. The third-order valence-corrected chi connectivity index (χ3v) is 11.0. The first-order valence-corrected chi connectivity index (χ1v) is 17.1. The zero-order chi connectivity index (χ0) is 24.7. The molecule has 0 heterocycles. The van der Waals surface area contributed by atoms with E-state index in [0.717, 1.165) is 77.0 Å². The van der Waals surface area contributed by atoms with Gasteiger partial charge in [0.25, 0.3) is 0 Å². The van der Waals surface area contributed by atoms with Crippen molar-refractivity contribution in [2.24, 2.45) is 0 Å². The summed E-state index contributed by atoms with van der Waals surface area (Å²) >= 11 is 0. The van der Waals surface area contributed by atoms with Gasteiger partial charge in [-0.05, 0) is 38.5 Å². The molecule has 0 bridgehead atoms. The zero-order valence-corrected chi connectivity index (χ0v) is 24.7. The van der Waals surface area contributed by atoms with Crippen LogP contribution in [0.5, 0.6) is 0 Å². The van der Waals surface area contributed by atoms with E-state index in [4.69, 9.17) is 26.6 Å². The first-order valence-electron chi connectivity index (χ1n) is 13.7. The van der Waals surface area contributed by atoms with Crippen LogP contribution >= 0.6 is 0 Å². The smallest absolute Gasteiger partial charge is 0.361 e. The van der Waals surface area contributed by atoms with Gasteiger partial charge in [-0.3, -0.25) is 0 Å². The normalized spacial score (nSPS) is 12.5. The Morgan fingerprint density at radius 2 is 0.545 bits per heavy atom. The molecule has 1 N–H and O–H groups in total. The molecule has 9 heteroatoms. The van der Waals surface area contributed by atoms with Crippen LogP contribution in [0.2, 0.25) is 0 Å². The molecule has 0 saturated heterocycles. The van der Waals surface area contributed by atoms with Gasteiger partial charge in [-0.25, -0.2) is 4.65 Å². The number of rotatable bonds is 26. The maximum absolute atomic E-state index is 6.42. The van der Waals surface area contributed by atoms with Crippen molar-refractivity contribution in [1.82, 2.24) is 4.65 Å². The SMILES string of the molecule is CCCCO[Si](N[Si](OCCCC)(OCCCC)OCCCC)(OCCCC)OCCCC. The van der Waals surface area contributed by atoms with Crippen molar-refractivity contribution in [3.63, 3.8) is 0 Å². The largest absolute Gasteiger partial charge is 0.595 e. The van der Waals surface area contributed by atoms with Crippen molar-refractivity contribution >= 4 is 17.9 Å². The highest BCUT2D eigenvalue weighted by Crippen LogP contribution is 2.18. The maximum Gasteiger partial charge on any atom is 0.595 e. The van der Waals surface area contributed by atoms with E-state index in [1.807, 2.05) is 0 Å². The summed E-state index contributed by atoms with van der Waals surface area (Å²) < 4.78 is 42.1. The van der Waals surface area contributed by atoms with Crippen LogP contribution < -0.4 is 4.65 Å². The summed E-state index contributed by atoms with van der Waals surface area (Å²) in [5.74, 6) is 0. The molecular weight excluding hydrogens is 454 g/mol. The lowest BCUT2D eigenvalue weighted by molar-refractivity contribution is 0.0174. The van der Waals surface area contributed by atoms with Crippen LogP contribution in [0.25, 0.3) is 0 Å². The molecule has 0 fully saturated rings. The Kier molecular flexibility index (Phi) is 22.7. The van der Waals surface area contributed by atoms with Crippen LogP contribution in [-0.2, 0) is 26.6 Å². The molecule has 0 saturated carbocycles. The van der Waals surface area contributed by atoms with E-state index in [0.29, 0.717) is 39.6 Å². The molecule has 0 rings (SSSR count). The molecule has 0 aliphatic heterocycles. The molecule has 0 unspecified atom stereocenters. The summed E-state index contributed by atoms with van der Waals surface area (Å²) in [4.78, 5) is 0. The first kappa shape index (κ1) is 33.2. The highest BCUT2D eigenvalue weighted by Gasteiger charge is 2.56. The highest BCUT2D eigenvalue weighted by molar-refractivity contribution is 6.75. The summed E-state index contributed by atoms with van der Waals surface area (Å²) in [6.07, 6.45) is 12.0. The van der Waals surface area contributed by atoms with E-state index in [-0.39, 0.29) is 0 Å². The minimum Gasteiger partial charge on any atom is -0.361 e. The van der Waals surface area contributed by atoms with Crippen molar-refractivity contribution in [2.45, 2.75) is 119 Å². The average molecular weight is 510 g/mol. The summed E-state index contributed by atoms with van der Waals surface area (Å²) in [6, 6.07) is 0. The lowest BCUT2D eigenvalue weighted by Gasteiger charge is -2.37. The molecule has 0 spiro atoms. The van der Waals surface area contributed by atoms with Gasteiger partial charge in [0.2, 0.25) is 0 Å². The lowest BCUT2D eigenvalue weighted by Crippen LogP contribution is -2.73. The van der Waals surface area contributed by atoms with Gasteiger partial charge >= 0.3 is 17.9 Å². The average Bonchev–Trinajstić information content (AvgIpc) is 2.80. The Balaban J connectivity index is 5.91. The van der Waals surface area contributed by atoms with E-state index >= 15 is 0 Å². The monoisotopic (exact) mass is 509 g/mol. The van der Waals surface area contributed by atoms with Gasteiger partial charge in [-0.2, -0.15) is 0 Å². The van der Waals surface area contributed by atoms with Crippen LogP contribution in [0.3, 0.4) is 0 Å². The van der Waals surface area contributed by atoms with Crippen LogP contribution in [0.15, 0.2) is 0 Å². The van der Waals surface area contributed by atoms with Crippen molar-refractivity contribution < 1.29 is 26.6 Å². The summed E-state index contributed by atoms with van der Waals surface area (Å²) in [5, 5.41) is 0. The standard InChI is InChI=1S/C24H55NO6Si2/c1-7-13-19-26-32(27-20-14-8-2,28-21-15-9-3)25-33(29-22-16-10-4,30-23-17-11-5)31-24-18-12-6/h25H,7-24H2,1-6H3. The third kappa shape index (κ3) is 16.5. The zero-order valence-electron chi connectivity index (χ0n) is 22.7. The van der Waals surface area contributed by atoms with Gasteiger partial charge in [0.15, 0.2) is 0 Å². The van der Waals surface area contributed by atoms with E-state index < -0.39 is 17.9 Å². The van der Waals surface area contributed by atoms with E-state index in [2.05, 4.69) is 46.2 Å². The van der Waals surface area contributed by atoms with E-state index in [1.165, 1.54) is 0 Å². The molecule has 7 nitrogen and oxygen atoms in total. The van der Waals surface area contributed by atoms with Gasteiger partial charge in [0.1, 0.15) is 0 Å². The minimum atomic E-state index is -3.29. The fourth-order valence-corrected chi connectivity index (χ4v) is 8.97. The Bertz CT molecular complexity index is 331. The van der Waals surface area contributed by atoms with Crippen LogP contribution in [-0.4, -0.2) is 57.6 Å². The van der Waals surface area contributed by atoms with Crippen LogP contribution in [0, 0.1) is 0 Å². The predicted octanol–water partition coefficient (Wildman–Crippen LogP) is 6.35. The first-order chi connectivity index (χ1) is 16.1. The maximum atomic E-state index is 6.42. The molecular formula is C24H55NO6Si2. The molecule has 33 heavy (non-hydrogen) atoms. The minimum absolute atomic E-state index is 0.581. The Hall–Kier alpha value is 0.154. The Morgan fingerprint density at radius 1 is 0.364 bits per heavy atom. The van der Waals surface area contributed by atoms with Gasteiger partial charge in [-0.1, -0.05) is 80.1 Å². The van der Waals surface area contributed by atoms with E-state index in [9.17, 15) is 0 Å². The number of hydrogen-bond donors (Lipinski definition) is 1. The fraction of sp³-hybridized carbons (Fsp3) is 1.00. The quantitative estimate of drug-likeness (QED) is 0.108. The molecule has 0 amide bonds. The lowest BCUT2D eigenvalue weighted by atomic mass is 10.4. The molecule has 200 valence electrons. The van der Waals surface area contributed by atoms with Gasteiger partial charge in [0.05, 0.1) is 0 Å². The van der Waals surface area contributed by atoms with Crippen molar-refractivity contribution in [1.29, 1.82) is 0 Å². The Labute approximate surface area is 207 Å². The molecule has 0 aliphatic carbocycles. The second-order valence-electron chi connectivity index (χ2n) is 8.45. The molecule has 0 atom stereocenters. The third-order valence-electron chi connectivity index (χ3n) is 5.05. The number of unbranched alkanes of at least 4 members (excludes halogenated alkanes) is 6. The number of hydrogen-bond acceptors (Lipinski definition) is 7. The molecule has 0 aromatic rings. The molecule has 0 aromatic carbocycles. The van der Waals surface area contributed by atoms with Crippen molar-refractivity contribution in [2.75, 3.05) is 39.6 Å². The topological polar surface area (TPSA) is 67.4 Å². The fourth-order valence-electron chi connectivity index (χ4n) is 2.76. The molecule has 0 radical (unpaired) electrons.